The summed E-state index contributed by atoms with van der Waals surface area (Å²) in [5, 5.41) is 7.26. The van der Waals surface area contributed by atoms with Gasteiger partial charge in [-0.15, -0.1) is 11.3 Å². The number of amides is 2. The van der Waals surface area contributed by atoms with Crippen LogP contribution in [0, 0.1) is 0 Å². The van der Waals surface area contributed by atoms with Crippen molar-refractivity contribution < 1.29 is 19.1 Å². The lowest BCUT2D eigenvalue weighted by Gasteiger charge is -2.08. The molecule has 2 aromatic carbocycles. The molecule has 1 heterocycles. The van der Waals surface area contributed by atoms with Crippen LogP contribution in [-0.2, 0) is 24.2 Å². The third-order valence-corrected chi connectivity index (χ3v) is 6.32. The normalized spacial score (nSPS) is 12.4. The van der Waals surface area contributed by atoms with E-state index in [4.69, 9.17) is 9.47 Å². The Kier molecular flexibility index (Phi) is 7.36. The van der Waals surface area contributed by atoms with Crippen LogP contribution in [0.5, 0.6) is 5.75 Å². The molecule has 0 radical (unpaired) electrons. The van der Waals surface area contributed by atoms with Crippen molar-refractivity contribution >= 4 is 34.6 Å². The van der Waals surface area contributed by atoms with E-state index in [1.807, 2.05) is 54.6 Å². The molecule has 7 nitrogen and oxygen atoms in total. The number of hydrogen-bond acceptors (Lipinski definition) is 6. The molecule has 3 aromatic rings. The third kappa shape index (κ3) is 5.78. The minimum Gasteiger partial charge on any atom is -0.489 e. The highest BCUT2D eigenvalue weighted by Gasteiger charge is 2.28. The molecule has 33 heavy (non-hydrogen) atoms. The molecular weight excluding hydrogens is 438 g/mol. The van der Waals surface area contributed by atoms with Crippen LogP contribution in [-0.4, -0.2) is 24.8 Å². The topological polar surface area (TPSA) is 89.0 Å². The summed E-state index contributed by atoms with van der Waals surface area (Å²) in [6, 6.07) is 16.8. The van der Waals surface area contributed by atoms with Crippen LogP contribution in [0.3, 0.4) is 0 Å². The Hall–Kier alpha value is -3.65. The smallest absolute Gasteiger partial charge is 0.341 e. The number of hydrogen-bond donors (Lipinski definition) is 2. The lowest BCUT2D eigenvalue weighted by molar-refractivity contribution is 0.0527. The Balaban J connectivity index is 1.35. The van der Waals surface area contributed by atoms with Gasteiger partial charge in [-0.25, -0.2) is 15.0 Å². The zero-order valence-corrected chi connectivity index (χ0v) is 19.1. The predicted molar refractivity (Wildman–Crippen MR) is 129 cm³/mol. The maximum atomic E-state index is 12.4. The number of nitrogens with zero attached hydrogens (tertiary/aromatic N) is 1. The Morgan fingerprint density at radius 1 is 1.12 bits per heavy atom. The Morgan fingerprint density at radius 3 is 2.79 bits per heavy atom. The zero-order valence-electron chi connectivity index (χ0n) is 18.3. The fourth-order valence-corrected chi connectivity index (χ4v) is 4.91. The molecule has 1 aliphatic carbocycles. The summed E-state index contributed by atoms with van der Waals surface area (Å²) in [6.07, 6.45) is 4.29. The lowest BCUT2D eigenvalue weighted by Crippen LogP contribution is -2.25. The van der Waals surface area contributed by atoms with Crippen molar-refractivity contribution in [3.8, 4) is 5.75 Å². The molecule has 2 amide bonds. The van der Waals surface area contributed by atoms with Crippen LogP contribution in [0.15, 0.2) is 59.7 Å². The van der Waals surface area contributed by atoms with E-state index in [-0.39, 0.29) is 6.61 Å². The molecule has 0 fully saturated rings. The Morgan fingerprint density at radius 2 is 1.97 bits per heavy atom. The summed E-state index contributed by atoms with van der Waals surface area (Å²) in [5.41, 5.74) is 5.77. The van der Waals surface area contributed by atoms with Gasteiger partial charge in [0.25, 0.3) is 0 Å². The van der Waals surface area contributed by atoms with Gasteiger partial charge in [-0.3, -0.25) is 5.32 Å². The molecule has 0 saturated heterocycles. The number of carbonyl (C=O) groups excluding carboxylic acids is 2. The molecule has 0 saturated carbocycles. The quantitative estimate of drug-likeness (QED) is 0.275. The van der Waals surface area contributed by atoms with E-state index >= 15 is 0 Å². The van der Waals surface area contributed by atoms with Crippen LogP contribution in [0.4, 0.5) is 9.80 Å². The van der Waals surface area contributed by atoms with Gasteiger partial charge in [0.1, 0.15) is 17.4 Å². The van der Waals surface area contributed by atoms with E-state index in [9.17, 15) is 9.59 Å². The summed E-state index contributed by atoms with van der Waals surface area (Å²) in [6.45, 7) is 2.52. The first-order valence-electron chi connectivity index (χ1n) is 10.8. The van der Waals surface area contributed by atoms with Crippen LogP contribution >= 0.6 is 11.3 Å². The number of ether oxygens (including phenoxy) is 2. The molecule has 0 aliphatic heterocycles. The van der Waals surface area contributed by atoms with Gasteiger partial charge in [-0.2, -0.15) is 5.10 Å². The standard InChI is InChI=1S/C25H25N3O4S/c1-2-31-24(29)22-20-12-7-13-21(20)33-23(22)27-25(30)28-26-15-18-10-6-11-19(14-18)32-16-17-8-4-3-5-9-17/h3-6,8-11,14-15H,2,7,12-13,16H2,1H3,(H2,27,28,30). The van der Waals surface area contributed by atoms with E-state index in [1.165, 1.54) is 17.6 Å². The predicted octanol–water partition coefficient (Wildman–Crippen LogP) is 5.15. The van der Waals surface area contributed by atoms with Gasteiger partial charge >= 0.3 is 12.0 Å². The number of urea groups is 1. The van der Waals surface area contributed by atoms with Crippen LogP contribution < -0.4 is 15.5 Å². The number of fused-ring (bicyclic) bond motifs is 1. The SMILES string of the molecule is CCOC(=O)c1c(NC(=O)NN=Cc2cccc(OCc3ccccc3)c2)sc2c1CCC2. The third-order valence-electron chi connectivity index (χ3n) is 5.11. The molecule has 2 N–H and O–H groups in total. The van der Waals surface area contributed by atoms with Crippen molar-refractivity contribution in [2.24, 2.45) is 5.10 Å². The average Bonchev–Trinajstić information content (AvgIpc) is 3.39. The maximum absolute atomic E-state index is 12.4. The molecule has 1 aromatic heterocycles. The van der Waals surface area contributed by atoms with Gasteiger partial charge in [0.2, 0.25) is 0 Å². The minimum atomic E-state index is -0.520. The zero-order chi connectivity index (χ0) is 23.0. The Labute approximate surface area is 196 Å². The van der Waals surface area contributed by atoms with Gasteiger partial charge in [0, 0.05) is 4.88 Å². The molecule has 1 aliphatic rings. The van der Waals surface area contributed by atoms with Gasteiger partial charge < -0.3 is 9.47 Å². The van der Waals surface area contributed by atoms with Crippen molar-refractivity contribution in [2.45, 2.75) is 32.8 Å². The first-order valence-corrected chi connectivity index (χ1v) is 11.6. The van der Waals surface area contributed by atoms with E-state index in [0.29, 0.717) is 22.9 Å². The summed E-state index contributed by atoms with van der Waals surface area (Å²) in [5.74, 6) is 0.308. The highest BCUT2D eigenvalue weighted by Crippen LogP contribution is 2.39. The van der Waals surface area contributed by atoms with Crippen LogP contribution in [0.1, 0.15) is 45.3 Å². The molecule has 0 atom stereocenters. The second-order valence-electron chi connectivity index (χ2n) is 7.45. The van der Waals surface area contributed by atoms with Gasteiger partial charge in [-0.05, 0) is 55.0 Å². The largest absolute Gasteiger partial charge is 0.489 e. The number of thiophene rings is 1. The molecule has 8 heteroatoms. The molecule has 170 valence electrons. The first-order chi connectivity index (χ1) is 16.1. The highest BCUT2D eigenvalue weighted by molar-refractivity contribution is 7.17. The number of aryl methyl sites for hydroxylation is 1. The fourth-order valence-electron chi connectivity index (χ4n) is 3.63. The van der Waals surface area contributed by atoms with E-state index in [0.717, 1.165) is 40.8 Å². The summed E-state index contributed by atoms with van der Waals surface area (Å²) < 4.78 is 11.0. The van der Waals surface area contributed by atoms with Crippen LogP contribution in [0.25, 0.3) is 0 Å². The van der Waals surface area contributed by atoms with E-state index in [2.05, 4.69) is 15.8 Å². The van der Waals surface area contributed by atoms with E-state index < -0.39 is 12.0 Å². The minimum absolute atomic E-state index is 0.285. The number of anilines is 1. The number of esters is 1. The van der Waals surface area contributed by atoms with Crippen molar-refractivity contribution in [2.75, 3.05) is 11.9 Å². The van der Waals surface area contributed by atoms with Crippen LogP contribution in [0.2, 0.25) is 0 Å². The second-order valence-corrected chi connectivity index (χ2v) is 8.56. The number of carbonyl (C=O) groups is 2. The average molecular weight is 464 g/mol. The van der Waals surface area contributed by atoms with Crippen molar-refractivity contribution in [3.63, 3.8) is 0 Å². The molecule has 0 spiro atoms. The monoisotopic (exact) mass is 463 g/mol. The number of nitrogens with one attached hydrogen (secondary N) is 2. The summed E-state index contributed by atoms with van der Waals surface area (Å²) in [7, 11) is 0. The molecule has 0 bridgehead atoms. The maximum Gasteiger partial charge on any atom is 0.341 e. The van der Waals surface area contributed by atoms with Crippen molar-refractivity contribution in [1.29, 1.82) is 0 Å². The molecule has 4 rings (SSSR count). The van der Waals surface area contributed by atoms with Gasteiger partial charge in [0.15, 0.2) is 0 Å². The molecule has 0 unspecified atom stereocenters. The number of hydrazone groups is 1. The summed E-state index contributed by atoms with van der Waals surface area (Å²) >= 11 is 1.43. The fraction of sp³-hybridized carbons (Fsp3) is 0.240. The first kappa shape index (κ1) is 22.5. The summed E-state index contributed by atoms with van der Waals surface area (Å²) in [4.78, 5) is 25.9. The van der Waals surface area contributed by atoms with Crippen molar-refractivity contribution in [3.05, 3.63) is 81.7 Å². The number of rotatable bonds is 8. The van der Waals surface area contributed by atoms with Crippen molar-refractivity contribution in [1.82, 2.24) is 5.43 Å². The Bertz CT molecular complexity index is 1160. The van der Waals surface area contributed by atoms with Gasteiger partial charge in [-0.1, -0.05) is 42.5 Å². The number of benzene rings is 2. The second kappa shape index (κ2) is 10.8. The van der Waals surface area contributed by atoms with E-state index in [1.54, 1.807) is 6.92 Å². The van der Waals surface area contributed by atoms with Gasteiger partial charge in [0.05, 0.1) is 18.4 Å². The highest BCUT2D eigenvalue weighted by atomic mass is 32.1. The molecular formula is C25H25N3O4S. The lowest BCUT2D eigenvalue weighted by atomic mass is 10.1.